The molecule has 1 amide bonds. The molecule has 6 nitrogen and oxygen atoms in total. The Morgan fingerprint density at radius 1 is 1.04 bits per heavy atom. The Kier molecular flexibility index (Phi) is 5.58. The first-order chi connectivity index (χ1) is 12.0. The summed E-state index contributed by atoms with van der Waals surface area (Å²) >= 11 is 0. The van der Waals surface area contributed by atoms with Gasteiger partial charge in [0, 0.05) is 38.2 Å². The number of amides is 1. The Bertz CT molecular complexity index is 636. The second kappa shape index (κ2) is 7.87. The monoisotopic (exact) mass is 346 g/mol. The third-order valence-corrected chi connectivity index (χ3v) is 4.54. The van der Waals surface area contributed by atoms with Crippen LogP contribution in [0.5, 0.6) is 11.5 Å². The van der Waals surface area contributed by atoms with E-state index in [0.717, 1.165) is 13.1 Å². The number of ketones is 1. The van der Waals surface area contributed by atoms with Crippen LogP contribution in [0.15, 0.2) is 18.2 Å². The van der Waals surface area contributed by atoms with Gasteiger partial charge < -0.3 is 14.4 Å². The quantitative estimate of drug-likeness (QED) is 0.762. The minimum Gasteiger partial charge on any atom is -0.486 e. The molecule has 0 N–H and O–H groups in total. The number of piperazine rings is 1. The maximum absolute atomic E-state index is 12.5. The highest BCUT2D eigenvalue weighted by molar-refractivity contribution is 5.98. The number of fused-ring (bicyclic) bond motifs is 1. The lowest BCUT2D eigenvalue weighted by Crippen LogP contribution is -2.50. The second-order valence-corrected chi connectivity index (χ2v) is 7.04. The van der Waals surface area contributed by atoms with E-state index in [4.69, 9.17) is 9.47 Å². The molecule has 6 heteroatoms. The molecule has 0 atom stereocenters. The molecule has 0 spiro atoms. The van der Waals surface area contributed by atoms with Gasteiger partial charge in [-0.3, -0.25) is 14.5 Å². The van der Waals surface area contributed by atoms with Gasteiger partial charge in [-0.25, -0.2) is 0 Å². The van der Waals surface area contributed by atoms with E-state index in [1.54, 1.807) is 18.2 Å². The number of carbonyl (C=O) groups is 2. The van der Waals surface area contributed by atoms with E-state index in [1.165, 1.54) is 0 Å². The van der Waals surface area contributed by atoms with Crippen LogP contribution in [-0.2, 0) is 4.79 Å². The fraction of sp³-hybridized carbons (Fsp3) is 0.579. The van der Waals surface area contributed by atoms with E-state index >= 15 is 0 Å². The van der Waals surface area contributed by atoms with Crippen molar-refractivity contribution in [3.05, 3.63) is 23.8 Å². The molecule has 0 aliphatic carbocycles. The van der Waals surface area contributed by atoms with Crippen molar-refractivity contribution in [2.45, 2.75) is 20.3 Å². The topological polar surface area (TPSA) is 59.1 Å². The Hall–Kier alpha value is -2.08. The lowest BCUT2D eigenvalue weighted by atomic mass is 10.1. The SMILES string of the molecule is CC(C)CC(=O)N1CCN(CC(=O)c2ccc3c(c2)OCCO3)CC1. The lowest BCUT2D eigenvalue weighted by molar-refractivity contribution is -0.133. The van der Waals surface area contributed by atoms with Crippen LogP contribution in [0.25, 0.3) is 0 Å². The zero-order chi connectivity index (χ0) is 17.8. The summed E-state index contributed by atoms with van der Waals surface area (Å²) < 4.78 is 11.0. The predicted molar refractivity (Wildman–Crippen MR) is 94.2 cm³/mol. The van der Waals surface area contributed by atoms with Gasteiger partial charge in [0.15, 0.2) is 17.3 Å². The number of benzene rings is 1. The smallest absolute Gasteiger partial charge is 0.222 e. The predicted octanol–water partition coefficient (Wildman–Crippen LogP) is 1.83. The van der Waals surface area contributed by atoms with Crippen LogP contribution >= 0.6 is 0 Å². The average molecular weight is 346 g/mol. The summed E-state index contributed by atoms with van der Waals surface area (Å²) in [5, 5.41) is 0. The third kappa shape index (κ3) is 4.51. The van der Waals surface area contributed by atoms with E-state index in [-0.39, 0.29) is 11.7 Å². The molecule has 1 aromatic carbocycles. The van der Waals surface area contributed by atoms with Crippen LogP contribution in [0.2, 0.25) is 0 Å². The molecule has 0 aromatic heterocycles. The Labute approximate surface area is 148 Å². The summed E-state index contributed by atoms with van der Waals surface area (Å²) in [6.07, 6.45) is 0.593. The Morgan fingerprint density at radius 3 is 2.40 bits per heavy atom. The van der Waals surface area contributed by atoms with Gasteiger partial charge in [-0.1, -0.05) is 13.8 Å². The van der Waals surface area contributed by atoms with Gasteiger partial charge in [-0.2, -0.15) is 0 Å². The van der Waals surface area contributed by atoms with E-state index in [1.807, 2.05) is 4.90 Å². The molecule has 0 unspecified atom stereocenters. The standard InChI is InChI=1S/C19H26N2O4/c1-14(2)11-19(23)21-7-5-20(6-8-21)13-16(22)15-3-4-17-18(12-15)25-10-9-24-17/h3-4,12,14H,5-11,13H2,1-2H3. The van der Waals surface area contributed by atoms with Crippen LogP contribution in [0.4, 0.5) is 0 Å². The number of nitrogens with zero attached hydrogens (tertiary/aromatic N) is 2. The Morgan fingerprint density at radius 2 is 1.72 bits per heavy atom. The first-order valence-corrected chi connectivity index (χ1v) is 8.96. The number of rotatable bonds is 5. The molecule has 1 fully saturated rings. The van der Waals surface area contributed by atoms with Crippen LogP contribution in [0.3, 0.4) is 0 Å². The van der Waals surface area contributed by atoms with Gasteiger partial charge in [0.2, 0.25) is 5.91 Å². The molecule has 1 saturated heterocycles. The minimum absolute atomic E-state index is 0.0685. The largest absolute Gasteiger partial charge is 0.486 e. The summed E-state index contributed by atoms with van der Waals surface area (Å²) in [6.45, 7) is 8.39. The molecule has 0 saturated carbocycles. The van der Waals surface area contributed by atoms with Crippen molar-refractivity contribution in [1.29, 1.82) is 0 Å². The van der Waals surface area contributed by atoms with E-state index < -0.39 is 0 Å². The normalized spacial score (nSPS) is 17.6. The van der Waals surface area contributed by atoms with Crippen molar-refractivity contribution in [3.8, 4) is 11.5 Å². The maximum atomic E-state index is 12.5. The lowest BCUT2D eigenvalue weighted by Gasteiger charge is -2.34. The highest BCUT2D eigenvalue weighted by Gasteiger charge is 2.23. The summed E-state index contributed by atoms with van der Waals surface area (Å²) in [7, 11) is 0. The van der Waals surface area contributed by atoms with Gasteiger partial charge in [0.25, 0.3) is 0 Å². The number of hydrogen-bond acceptors (Lipinski definition) is 5. The number of hydrogen-bond donors (Lipinski definition) is 0. The van der Waals surface area contributed by atoms with Crippen LogP contribution in [-0.4, -0.2) is 67.4 Å². The molecular weight excluding hydrogens is 320 g/mol. The fourth-order valence-corrected chi connectivity index (χ4v) is 3.14. The first kappa shape index (κ1) is 17.7. The van der Waals surface area contributed by atoms with Crippen molar-refractivity contribution in [2.75, 3.05) is 45.9 Å². The number of ether oxygens (including phenoxy) is 2. The van der Waals surface area contributed by atoms with Gasteiger partial charge in [0.05, 0.1) is 6.54 Å². The third-order valence-electron chi connectivity index (χ3n) is 4.54. The molecule has 2 heterocycles. The van der Waals surface area contributed by atoms with Gasteiger partial charge in [0.1, 0.15) is 13.2 Å². The average Bonchev–Trinajstić information content (AvgIpc) is 2.61. The van der Waals surface area contributed by atoms with Crippen molar-refractivity contribution >= 4 is 11.7 Å². The summed E-state index contributed by atoms with van der Waals surface area (Å²) in [6, 6.07) is 5.35. The first-order valence-electron chi connectivity index (χ1n) is 8.96. The van der Waals surface area contributed by atoms with E-state index in [9.17, 15) is 9.59 Å². The molecule has 2 aliphatic rings. The number of Topliss-reactive ketones (excluding diaryl/α,β-unsaturated/α-hetero) is 1. The van der Waals surface area contributed by atoms with E-state index in [0.29, 0.717) is 62.2 Å². The molecule has 2 aliphatic heterocycles. The van der Waals surface area contributed by atoms with Gasteiger partial charge >= 0.3 is 0 Å². The zero-order valence-corrected chi connectivity index (χ0v) is 15.0. The van der Waals surface area contributed by atoms with Gasteiger partial charge in [-0.15, -0.1) is 0 Å². The summed E-state index contributed by atoms with van der Waals surface area (Å²) in [5.74, 6) is 2.00. The number of carbonyl (C=O) groups excluding carboxylic acids is 2. The highest BCUT2D eigenvalue weighted by atomic mass is 16.6. The van der Waals surface area contributed by atoms with Gasteiger partial charge in [-0.05, 0) is 24.1 Å². The fourth-order valence-electron chi connectivity index (χ4n) is 3.14. The Balaban J connectivity index is 1.52. The van der Waals surface area contributed by atoms with Crippen LogP contribution in [0.1, 0.15) is 30.6 Å². The van der Waals surface area contributed by atoms with Crippen molar-refractivity contribution in [3.63, 3.8) is 0 Å². The van der Waals surface area contributed by atoms with Crippen molar-refractivity contribution in [1.82, 2.24) is 9.80 Å². The molecule has 0 bridgehead atoms. The van der Waals surface area contributed by atoms with Crippen LogP contribution in [0, 0.1) is 5.92 Å². The maximum Gasteiger partial charge on any atom is 0.222 e. The van der Waals surface area contributed by atoms with E-state index in [2.05, 4.69) is 18.7 Å². The summed E-state index contributed by atoms with van der Waals surface area (Å²) in [5.41, 5.74) is 0.641. The van der Waals surface area contributed by atoms with Crippen LogP contribution < -0.4 is 9.47 Å². The van der Waals surface area contributed by atoms with Crippen molar-refractivity contribution in [2.24, 2.45) is 5.92 Å². The molecule has 136 valence electrons. The molecule has 1 aromatic rings. The second-order valence-electron chi connectivity index (χ2n) is 7.04. The highest BCUT2D eigenvalue weighted by Crippen LogP contribution is 2.30. The molecule has 0 radical (unpaired) electrons. The molecule has 3 rings (SSSR count). The van der Waals surface area contributed by atoms with Crippen molar-refractivity contribution < 1.29 is 19.1 Å². The minimum atomic E-state index is 0.0685. The summed E-state index contributed by atoms with van der Waals surface area (Å²) in [4.78, 5) is 28.7. The molecular formula is C19H26N2O4. The zero-order valence-electron chi connectivity index (χ0n) is 15.0. The molecule has 25 heavy (non-hydrogen) atoms.